The van der Waals surface area contributed by atoms with Crippen molar-refractivity contribution in [2.75, 3.05) is 5.32 Å². The smallest absolute Gasteiger partial charge is 0.291 e. The van der Waals surface area contributed by atoms with Gasteiger partial charge >= 0.3 is 0 Å². The number of nitrogens with one attached hydrogen (secondary N) is 2. The zero-order chi connectivity index (χ0) is 15.8. The van der Waals surface area contributed by atoms with E-state index in [-0.39, 0.29) is 18.0 Å². The zero-order valence-corrected chi connectivity index (χ0v) is 11.9. The van der Waals surface area contributed by atoms with Crippen molar-refractivity contribution in [1.29, 1.82) is 0 Å². The van der Waals surface area contributed by atoms with Gasteiger partial charge in [-0.1, -0.05) is 6.07 Å². The van der Waals surface area contributed by atoms with Crippen molar-refractivity contribution in [3.63, 3.8) is 0 Å². The Balaban J connectivity index is 1.85. The molecular weight excluding hydrogens is 284 g/mol. The first-order chi connectivity index (χ1) is 10.6. The molecule has 0 atom stereocenters. The van der Waals surface area contributed by atoms with Crippen molar-refractivity contribution < 1.29 is 9.59 Å². The second kappa shape index (κ2) is 7.58. The Morgan fingerprint density at radius 2 is 2.05 bits per heavy atom. The van der Waals surface area contributed by atoms with Crippen molar-refractivity contribution in [2.45, 2.75) is 13.3 Å². The Bertz CT molecular complexity index is 672. The minimum Gasteiger partial charge on any atom is -0.310 e. The number of carbonyl (C=O) groups excluding carboxylic acids is 2. The lowest BCUT2D eigenvalue weighted by molar-refractivity contribution is -0.115. The van der Waals surface area contributed by atoms with Crippen molar-refractivity contribution in [3.05, 3.63) is 48.7 Å². The molecule has 0 aliphatic carbocycles. The van der Waals surface area contributed by atoms with E-state index in [0.717, 1.165) is 0 Å². The van der Waals surface area contributed by atoms with Crippen LogP contribution in [0.25, 0.3) is 0 Å². The molecule has 8 nitrogen and oxygen atoms in total. The van der Waals surface area contributed by atoms with E-state index in [1.807, 2.05) is 0 Å². The Morgan fingerprint density at radius 3 is 2.73 bits per heavy atom. The summed E-state index contributed by atoms with van der Waals surface area (Å²) in [4.78, 5) is 35.1. The molecule has 8 heteroatoms. The fourth-order valence-corrected chi connectivity index (χ4v) is 1.52. The number of anilines is 1. The van der Waals surface area contributed by atoms with Crippen LogP contribution in [0.2, 0.25) is 0 Å². The average Bonchev–Trinajstić information content (AvgIpc) is 2.54. The number of hydrogen-bond acceptors (Lipinski definition) is 6. The van der Waals surface area contributed by atoms with Crippen LogP contribution in [0.15, 0.2) is 48.1 Å². The molecule has 2 N–H and O–H groups in total. The predicted molar refractivity (Wildman–Crippen MR) is 80.1 cm³/mol. The first kappa shape index (κ1) is 15.2. The fourth-order valence-electron chi connectivity index (χ4n) is 1.52. The normalized spacial score (nSPS) is 10.9. The molecule has 0 saturated carbocycles. The zero-order valence-electron chi connectivity index (χ0n) is 11.9. The number of rotatable bonds is 5. The summed E-state index contributed by atoms with van der Waals surface area (Å²) < 4.78 is 0. The first-order valence-corrected chi connectivity index (χ1v) is 6.45. The number of aromatic nitrogens is 3. The Morgan fingerprint density at radius 1 is 1.18 bits per heavy atom. The predicted octanol–water partition coefficient (Wildman–Crippen LogP) is 1.01. The van der Waals surface area contributed by atoms with Crippen LogP contribution in [0.4, 0.5) is 5.82 Å². The van der Waals surface area contributed by atoms with Gasteiger partial charge in [-0.15, -0.1) is 0 Å². The summed E-state index contributed by atoms with van der Waals surface area (Å²) in [6.45, 7) is 1.63. The minimum absolute atomic E-state index is 0.0390. The van der Waals surface area contributed by atoms with E-state index in [1.165, 1.54) is 18.6 Å². The highest BCUT2D eigenvalue weighted by atomic mass is 16.2. The van der Waals surface area contributed by atoms with Crippen LogP contribution in [0, 0.1) is 0 Å². The fraction of sp³-hybridized carbons (Fsp3) is 0.143. The van der Waals surface area contributed by atoms with Crippen molar-refractivity contribution >= 4 is 23.3 Å². The van der Waals surface area contributed by atoms with Gasteiger partial charge in [-0.25, -0.2) is 15.4 Å². The number of hydrogen-bond donors (Lipinski definition) is 2. The summed E-state index contributed by atoms with van der Waals surface area (Å²) >= 11 is 0. The molecule has 2 aromatic rings. The Kier molecular flexibility index (Phi) is 5.25. The van der Waals surface area contributed by atoms with Gasteiger partial charge in [0, 0.05) is 24.3 Å². The van der Waals surface area contributed by atoms with Crippen molar-refractivity contribution in [3.8, 4) is 0 Å². The Hall–Kier alpha value is -3.16. The average molecular weight is 298 g/mol. The maximum atomic E-state index is 11.8. The molecule has 2 heterocycles. The van der Waals surface area contributed by atoms with E-state index in [0.29, 0.717) is 11.5 Å². The van der Waals surface area contributed by atoms with Gasteiger partial charge in [0.05, 0.1) is 12.6 Å². The summed E-state index contributed by atoms with van der Waals surface area (Å²) in [7, 11) is 0. The largest absolute Gasteiger partial charge is 0.310 e. The van der Waals surface area contributed by atoms with E-state index in [2.05, 4.69) is 30.8 Å². The highest BCUT2D eigenvalue weighted by Crippen LogP contribution is 2.01. The second-order valence-electron chi connectivity index (χ2n) is 4.32. The van der Waals surface area contributed by atoms with Gasteiger partial charge in [0.25, 0.3) is 5.91 Å². The van der Waals surface area contributed by atoms with Crippen LogP contribution < -0.4 is 10.7 Å². The topological polar surface area (TPSA) is 109 Å². The molecule has 0 aliphatic rings. The van der Waals surface area contributed by atoms with Gasteiger partial charge in [0.1, 0.15) is 11.5 Å². The molecule has 0 aromatic carbocycles. The van der Waals surface area contributed by atoms with Gasteiger partial charge in [0.15, 0.2) is 0 Å². The van der Waals surface area contributed by atoms with Crippen molar-refractivity contribution in [1.82, 2.24) is 20.4 Å². The van der Waals surface area contributed by atoms with Crippen LogP contribution in [0.3, 0.4) is 0 Å². The van der Waals surface area contributed by atoms with Crippen LogP contribution >= 0.6 is 0 Å². The number of hydrazone groups is 1. The quantitative estimate of drug-likeness (QED) is 0.632. The van der Waals surface area contributed by atoms with Gasteiger partial charge < -0.3 is 5.32 Å². The number of amides is 2. The van der Waals surface area contributed by atoms with Gasteiger partial charge in [-0.3, -0.25) is 14.6 Å². The second-order valence-corrected chi connectivity index (χ2v) is 4.32. The molecule has 0 unspecified atom stereocenters. The molecular formula is C14H14N6O2. The standard InChI is InChI=1S/C14H14N6O2/c1-10(8-13(21)18-12-4-2-3-5-17-12)19-20-14(22)11-9-15-6-7-16-11/h2-7,9H,8H2,1H3,(H,20,22)(H,17,18,21)/b19-10+. The monoisotopic (exact) mass is 298 g/mol. The summed E-state index contributed by atoms with van der Waals surface area (Å²) in [5.41, 5.74) is 2.92. The molecule has 112 valence electrons. The van der Waals surface area contributed by atoms with E-state index >= 15 is 0 Å². The molecule has 0 radical (unpaired) electrons. The molecule has 2 aromatic heterocycles. The minimum atomic E-state index is -0.488. The molecule has 2 rings (SSSR count). The lowest BCUT2D eigenvalue weighted by atomic mass is 10.3. The molecule has 0 aliphatic heterocycles. The SMILES string of the molecule is C/C(CC(=O)Nc1ccccn1)=N\NC(=O)c1cnccn1. The highest BCUT2D eigenvalue weighted by Gasteiger charge is 2.08. The molecule has 2 amide bonds. The third-order valence-electron chi connectivity index (χ3n) is 2.49. The maximum Gasteiger partial charge on any atom is 0.291 e. The molecule has 0 fully saturated rings. The third-order valence-corrected chi connectivity index (χ3v) is 2.49. The van der Waals surface area contributed by atoms with Crippen LogP contribution in [-0.2, 0) is 4.79 Å². The molecule has 22 heavy (non-hydrogen) atoms. The van der Waals surface area contributed by atoms with Crippen molar-refractivity contribution in [2.24, 2.45) is 5.10 Å². The third kappa shape index (κ3) is 4.75. The van der Waals surface area contributed by atoms with Gasteiger partial charge in [-0.2, -0.15) is 5.10 Å². The summed E-state index contributed by atoms with van der Waals surface area (Å²) in [6, 6.07) is 5.20. The summed E-state index contributed by atoms with van der Waals surface area (Å²) in [5, 5.41) is 6.48. The highest BCUT2D eigenvalue weighted by molar-refractivity contribution is 6.05. The lowest BCUT2D eigenvalue weighted by Crippen LogP contribution is -2.22. The first-order valence-electron chi connectivity index (χ1n) is 6.45. The summed E-state index contributed by atoms with van der Waals surface area (Å²) in [6.07, 6.45) is 5.82. The lowest BCUT2D eigenvalue weighted by Gasteiger charge is -2.04. The van der Waals surface area contributed by atoms with E-state index in [1.54, 1.807) is 31.3 Å². The van der Waals surface area contributed by atoms with E-state index in [9.17, 15) is 9.59 Å². The summed E-state index contributed by atoms with van der Waals surface area (Å²) in [5.74, 6) is -0.296. The molecule has 0 spiro atoms. The van der Waals surface area contributed by atoms with E-state index < -0.39 is 5.91 Å². The van der Waals surface area contributed by atoms with Crippen LogP contribution in [-0.4, -0.2) is 32.5 Å². The number of carbonyl (C=O) groups is 2. The van der Waals surface area contributed by atoms with E-state index in [4.69, 9.17) is 0 Å². The number of nitrogens with zero attached hydrogens (tertiary/aromatic N) is 4. The number of pyridine rings is 1. The molecule has 0 bridgehead atoms. The Labute approximate surface area is 126 Å². The molecule has 0 saturated heterocycles. The maximum absolute atomic E-state index is 11.8. The van der Waals surface area contributed by atoms with Crippen LogP contribution in [0.5, 0.6) is 0 Å². The van der Waals surface area contributed by atoms with Gasteiger partial charge in [0.2, 0.25) is 5.91 Å². The van der Waals surface area contributed by atoms with Crippen LogP contribution in [0.1, 0.15) is 23.8 Å². The van der Waals surface area contributed by atoms with Gasteiger partial charge in [-0.05, 0) is 19.1 Å².